The molecule has 0 saturated heterocycles. The monoisotopic (exact) mass is 349 g/mol. The number of carbonyl (C=O) groups is 2. The van der Waals surface area contributed by atoms with Gasteiger partial charge in [-0.3, -0.25) is 0 Å². The Kier molecular flexibility index (Phi) is 7.90. The van der Waals surface area contributed by atoms with Crippen LogP contribution in [0.1, 0.15) is 37.3 Å². The predicted molar refractivity (Wildman–Crippen MR) is 98.3 cm³/mol. The van der Waals surface area contributed by atoms with E-state index in [9.17, 15) is 14.7 Å². The summed E-state index contributed by atoms with van der Waals surface area (Å²) in [6.07, 6.45) is 3.11. The standard InChI is InChI=1S/C19H31N3O3/c1-6-7-8-15-9-10-17(14(2)11-15)21-19(25)20-16(12-18(23)24)13-22(3,4)5/h9-11,16H,6-8,12-13H2,1-5H3,(H2-,20,21,23,24,25)/t16-/m1/s1. The maximum absolute atomic E-state index is 12.3. The average Bonchev–Trinajstić information content (AvgIpc) is 2.45. The molecule has 0 saturated carbocycles. The minimum atomic E-state index is -1.17. The van der Waals surface area contributed by atoms with Crippen LogP contribution < -0.4 is 15.7 Å². The number of urea groups is 1. The Morgan fingerprint density at radius 2 is 1.92 bits per heavy atom. The van der Waals surface area contributed by atoms with Crippen LogP contribution in [0.2, 0.25) is 0 Å². The van der Waals surface area contributed by atoms with Gasteiger partial charge in [-0.25, -0.2) is 4.79 Å². The van der Waals surface area contributed by atoms with E-state index in [4.69, 9.17) is 0 Å². The first-order chi connectivity index (χ1) is 11.6. The van der Waals surface area contributed by atoms with Crippen molar-refractivity contribution in [3.05, 3.63) is 29.3 Å². The van der Waals surface area contributed by atoms with Crippen molar-refractivity contribution in [3.8, 4) is 0 Å². The molecule has 0 unspecified atom stereocenters. The fourth-order valence-corrected chi connectivity index (χ4v) is 2.77. The number of amides is 2. The minimum absolute atomic E-state index is 0.210. The van der Waals surface area contributed by atoms with Crippen LogP contribution in [0.3, 0.4) is 0 Å². The van der Waals surface area contributed by atoms with Gasteiger partial charge in [0.05, 0.1) is 33.7 Å². The molecular weight excluding hydrogens is 318 g/mol. The molecule has 0 radical (unpaired) electrons. The fourth-order valence-electron chi connectivity index (χ4n) is 2.77. The molecule has 0 spiro atoms. The van der Waals surface area contributed by atoms with E-state index >= 15 is 0 Å². The molecule has 2 N–H and O–H groups in total. The Labute approximate surface area is 150 Å². The van der Waals surface area contributed by atoms with Crippen molar-refractivity contribution in [3.63, 3.8) is 0 Å². The van der Waals surface area contributed by atoms with Gasteiger partial charge in [-0.15, -0.1) is 0 Å². The van der Waals surface area contributed by atoms with Gasteiger partial charge in [0.25, 0.3) is 0 Å². The maximum Gasteiger partial charge on any atom is 0.319 e. The van der Waals surface area contributed by atoms with Crippen molar-refractivity contribution >= 4 is 17.7 Å². The largest absolute Gasteiger partial charge is 0.550 e. The lowest BCUT2D eigenvalue weighted by atomic mass is 10.0. The molecule has 1 atom stereocenters. The number of likely N-dealkylation sites (N-methyl/N-ethyl adjacent to an activating group) is 1. The summed E-state index contributed by atoms with van der Waals surface area (Å²) < 4.78 is 0.545. The number of rotatable bonds is 9. The van der Waals surface area contributed by atoms with E-state index in [0.29, 0.717) is 11.0 Å². The van der Waals surface area contributed by atoms with Crippen LogP contribution in [0, 0.1) is 6.92 Å². The molecule has 1 aromatic carbocycles. The highest BCUT2D eigenvalue weighted by Crippen LogP contribution is 2.18. The number of carboxylic acid groups (broad SMARTS) is 1. The predicted octanol–water partition coefficient (Wildman–Crippen LogP) is 1.67. The lowest BCUT2D eigenvalue weighted by Crippen LogP contribution is -2.51. The summed E-state index contributed by atoms with van der Waals surface area (Å²) in [5, 5.41) is 16.5. The lowest BCUT2D eigenvalue weighted by molar-refractivity contribution is -0.871. The van der Waals surface area contributed by atoms with Crippen LogP contribution in [-0.4, -0.2) is 50.2 Å². The summed E-state index contributed by atoms with van der Waals surface area (Å²) in [5.74, 6) is -1.17. The van der Waals surface area contributed by atoms with E-state index in [-0.39, 0.29) is 6.42 Å². The normalized spacial score (nSPS) is 12.5. The second-order valence-corrected chi connectivity index (χ2v) is 7.60. The van der Waals surface area contributed by atoms with Gasteiger partial charge in [0, 0.05) is 18.1 Å². The van der Waals surface area contributed by atoms with Gasteiger partial charge >= 0.3 is 6.03 Å². The highest BCUT2D eigenvalue weighted by Gasteiger charge is 2.20. The second-order valence-electron chi connectivity index (χ2n) is 7.60. The smallest absolute Gasteiger partial charge is 0.319 e. The number of hydrogen-bond acceptors (Lipinski definition) is 3. The van der Waals surface area contributed by atoms with E-state index < -0.39 is 18.0 Å². The van der Waals surface area contributed by atoms with Gasteiger partial charge in [0.1, 0.15) is 0 Å². The van der Waals surface area contributed by atoms with E-state index in [2.05, 4.69) is 23.6 Å². The Morgan fingerprint density at radius 3 is 2.44 bits per heavy atom. The van der Waals surface area contributed by atoms with E-state index in [1.165, 1.54) is 5.56 Å². The summed E-state index contributed by atoms with van der Waals surface area (Å²) in [7, 11) is 5.84. The number of hydrogen-bond donors (Lipinski definition) is 2. The number of quaternary nitrogens is 1. The molecule has 2 amide bonds. The van der Waals surface area contributed by atoms with Crippen molar-refractivity contribution in [2.45, 2.75) is 45.6 Å². The zero-order valence-corrected chi connectivity index (χ0v) is 16.0. The van der Waals surface area contributed by atoms with Crippen molar-refractivity contribution in [1.29, 1.82) is 0 Å². The van der Waals surface area contributed by atoms with Gasteiger partial charge < -0.3 is 25.0 Å². The van der Waals surface area contributed by atoms with Gasteiger partial charge in [-0.05, 0) is 37.0 Å². The number of aryl methyl sites for hydroxylation is 2. The maximum atomic E-state index is 12.3. The highest BCUT2D eigenvalue weighted by molar-refractivity contribution is 5.90. The van der Waals surface area contributed by atoms with Crippen LogP contribution >= 0.6 is 0 Å². The number of nitrogens with one attached hydrogen (secondary N) is 2. The van der Waals surface area contributed by atoms with E-state index in [0.717, 1.165) is 30.5 Å². The van der Waals surface area contributed by atoms with Crippen molar-refractivity contribution in [2.75, 3.05) is 33.0 Å². The van der Waals surface area contributed by atoms with Crippen LogP contribution in [0.4, 0.5) is 10.5 Å². The Bertz CT molecular complexity index is 594. The Hall–Kier alpha value is -2.08. The third-order valence-corrected chi connectivity index (χ3v) is 3.87. The molecule has 1 rings (SSSR count). The molecule has 0 aliphatic heterocycles. The third-order valence-electron chi connectivity index (χ3n) is 3.87. The highest BCUT2D eigenvalue weighted by atomic mass is 16.4. The number of nitrogens with zero attached hydrogens (tertiary/aromatic N) is 1. The molecule has 140 valence electrons. The summed E-state index contributed by atoms with van der Waals surface area (Å²) in [5.41, 5.74) is 2.98. The average molecular weight is 349 g/mol. The van der Waals surface area contributed by atoms with Crippen molar-refractivity contribution in [2.24, 2.45) is 0 Å². The van der Waals surface area contributed by atoms with Crippen LogP contribution in [0.25, 0.3) is 0 Å². The number of carbonyl (C=O) groups excluding carboxylic acids is 2. The molecule has 0 aliphatic carbocycles. The third kappa shape index (κ3) is 8.54. The first-order valence-corrected chi connectivity index (χ1v) is 8.78. The molecular formula is C19H31N3O3. The molecule has 25 heavy (non-hydrogen) atoms. The van der Waals surface area contributed by atoms with Crippen molar-refractivity contribution in [1.82, 2.24) is 5.32 Å². The summed E-state index contributed by atoms with van der Waals surface area (Å²) in [6, 6.07) is 5.10. The fraction of sp³-hybridized carbons (Fsp3) is 0.579. The van der Waals surface area contributed by atoms with Gasteiger partial charge in [0.15, 0.2) is 0 Å². The molecule has 6 nitrogen and oxygen atoms in total. The molecule has 0 heterocycles. The molecule has 1 aromatic rings. The number of aliphatic carboxylic acids is 1. The van der Waals surface area contributed by atoms with Crippen LogP contribution in [0.15, 0.2) is 18.2 Å². The van der Waals surface area contributed by atoms with E-state index in [1.807, 2.05) is 40.2 Å². The van der Waals surface area contributed by atoms with Gasteiger partial charge in [-0.2, -0.15) is 0 Å². The minimum Gasteiger partial charge on any atom is -0.550 e. The zero-order chi connectivity index (χ0) is 19.0. The Morgan fingerprint density at radius 1 is 1.24 bits per heavy atom. The number of anilines is 1. The number of benzene rings is 1. The molecule has 0 bridgehead atoms. The molecule has 0 aromatic heterocycles. The SMILES string of the molecule is CCCCc1ccc(NC(=O)N[C@H](CC(=O)[O-])C[N+](C)(C)C)c(C)c1. The van der Waals surface area contributed by atoms with Crippen LogP contribution in [-0.2, 0) is 11.2 Å². The number of carboxylic acids is 1. The number of unbranched alkanes of at least 4 members (excludes halogenated alkanes) is 1. The lowest BCUT2D eigenvalue weighted by Gasteiger charge is -2.30. The molecule has 6 heteroatoms. The topological polar surface area (TPSA) is 81.3 Å². The van der Waals surface area contributed by atoms with Gasteiger partial charge in [0.2, 0.25) is 0 Å². The summed E-state index contributed by atoms with van der Waals surface area (Å²) in [6.45, 7) is 4.61. The summed E-state index contributed by atoms with van der Waals surface area (Å²) in [4.78, 5) is 23.2. The molecule has 0 fully saturated rings. The first kappa shape index (κ1) is 21.0. The van der Waals surface area contributed by atoms with Crippen LogP contribution in [0.5, 0.6) is 0 Å². The van der Waals surface area contributed by atoms with E-state index in [1.54, 1.807) is 0 Å². The summed E-state index contributed by atoms with van der Waals surface area (Å²) >= 11 is 0. The Balaban J connectivity index is 2.71. The first-order valence-electron chi connectivity index (χ1n) is 8.78. The zero-order valence-electron chi connectivity index (χ0n) is 16.0. The van der Waals surface area contributed by atoms with Gasteiger partial charge in [-0.1, -0.05) is 25.5 Å². The second kappa shape index (κ2) is 9.42. The van der Waals surface area contributed by atoms with Crippen molar-refractivity contribution < 1.29 is 19.2 Å². The quantitative estimate of drug-likeness (QED) is 0.666. The molecule has 0 aliphatic rings.